The van der Waals surface area contributed by atoms with Crippen molar-refractivity contribution in [3.8, 4) is 5.88 Å². The smallest absolute Gasteiger partial charge is 0.322 e. The minimum Gasteiger partial charge on any atom is -0.480 e. The van der Waals surface area contributed by atoms with Crippen LogP contribution in [0.15, 0.2) is 0 Å². The van der Waals surface area contributed by atoms with Gasteiger partial charge in [-0.3, -0.25) is 0 Å². The highest BCUT2D eigenvalue weighted by molar-refractivity contribution is 5.91. The van der Waals surface area contributed by atoms with Crippen molar-refractivity contribution in [2.24, 2.45) is 13.0 Å². The first kappa shape index (κ1) is 16.6. The van der Waals surface area contributed by atoms with Crippen LogP contribution in [0.4, 0.5) is 10.5 Å². The molecule has 1 saturated heterocycles. The first-order valence-corrected chi connectivity index (χ1v) is 7.65. The number of piperidine rings is 1. The number of amides is 2. The van der Waals surface area contributed by atoms with Gasteiger partial charge < -0.3 is 19.9 Å². The summed E-state index contributed by atoms with van der Waals surface area (Å²) in [5.74, 6) is 1.02. The molecule has 1 aliphatic heterocycles. The van der Waals surface area contributed by atoms with Gasteiger partial charge in [-0.2, -0.15) is 5.10 Å². The number of likely N-dealkylation sites (tertiary alicyclic amines) is 1. The number of methoxy groups -OCH3 is 1. The summed E-state index contributed by atoms with van der Waals surface area (Å²) in [4.78, 5) is 16.7. The molecular formula is C15H27N5O2. The lowest BCUT2D eigenvalue weighted by Crippen LogP contribution is -2.50. The summed E-state index contributed by atoms with van der Waals surface area (Å²) in [7, 11) is 7.36. The van der Waals surface area contributed by atoms with Crippen LogP contribution in [0.2, 0.25) is 0 Å². The summed E-state index contributed by atoms with van der Waals surface area (Å²) < 4.78 is 6.95. The zero-order valence-electron chi connectivity index (χ0n) is 14.4. The number of ether oxygens (including phenoxy) is 1. The van der Waals surface area contributed by atoms with Gasteiger partial charge in [0.25, 0.3) is 0 Å². The molecule has 0 bridgehead atoms. The van der Waals surface area contributed by atoms with E-state index in [0.717, 1.165) is 25.2 Å². The number of aromatic nitrogens is 2. The molecule has 0 aromatic carbocycles. The second-order valence-corrected chi connectivity index (χ2v) is 6.23. The molecule has 22 heavy (non-hydrogen) atoms. The quantitative estimate of drug-likeness (QED) is 0.920. The predicted octanol–water partition coefficient (Wildman–Crippen LogP) is 1.54. The van der Waals surface area contributed by atoms with E-state index in [1.165, 1.54) is 0 Å². The lowest BCUT2D eigenvalue weighted by Gasteiger charge is -2.39. The molecule has 2 amide bonds. The molecule has 1 N–H and O–H groups in total. The first-order valence-electron chi connectivity index (χ1n) is 7.65. The van der Waals surface area contributed by atoms with Crippen LogP contribution in [0, 0.1) is 12.8 Å². The molecule has 1 aromatic rings. The van der Waals surface area contributed by atoms with Gasteiger partial charge >= 0.3 is 6.03 Å². The maximum absolute atomic E-state index is 12.6. The maximum Gasteiger partial charge on any atom is 0.322 e. The van der Waals surface area contributed by atoms with Gasteiger partial charge in [0.2, 0.25) is 5.88 Å². The number of aryl methyl sites for hydroxylation is 2. The van der Waals surface area contributed by atoms with E-state index in [-0.39, 0.29) is 12.1 Å². The fourth-order valence-electron chi connectivity index (χ4n) is 3.28. The number of carbonyl (C=O) groups is 1. The van der Waals surface area contributed by atoms with Crippen molar-refractivity contribution >= 4 is 11.7 Å². The fraction of sp³-hybridized carbons (Fsp3) is 0.733. The third-order valence-electron chi connectivity index (χ3n) is 4.48. The Hall–Kier alpha value is -1.76. The van der Waals surface area contributed by atoms with Gasteiger partial charge in [0.05, 0.1) is 12.8 Å². The van der Waals surface area contributed by atoms with E-state index >= 15 is 0 Å². The zero-order chi connectivity index (χ0) is 16.4. The number of nitrogens with zero attached hydrogens (tertiary/aromatic N) is 4. The van der Waals surface area contributed by atoms with Crippen molar-refractivity contribution in [3.63, 3.8) is 0 Å². The molecule has 7 nitrogen and oxygen atoms in total. The number of rotatable bonds is 3. The minimum atomic E-state index is -0.115. The molecule has 0 radical (unpaired) electrons. The molecule has 0 spiro atoms. The van der Waals surface area contributed by atoms with E-state index in [1.54, 1.807) is 18.8 Å². The van der Waals surface area contributed by atoms with Crippen LogP contribution in [-0.2, 0) is 7.05 Å². The Morgan fingerprint density at radius 2 is 2.14 bits per heavy atom. The van der Waals surface area contributed by atoms with Crippen molar-refractivity contribution in [3.05, 3.63) is 5.69 Å². The van der Waals surface area contributed by atoms with Gasteiger partial charge in [-0.15, -0.1) is 0 Å². The predicted molar refractivity (Wildman–Crippen MR) is 86.3 cm³/mol. The lowest BCUT2D eigenvalue weighted by molar-refractivity contribution is 0.113. The Labute approximate surface area is 132 Å². The van der Waals surface area contributed by atoms with Gasteiger partial charge in [0, 0.05) is 26.7 Å². The van der Waals surface area contributed by atoms with Crippen LogP contribution < -0.4 is 10.1 Å². The summed E-state index contributed by atoms with van der Waals surface area (Å²) in [5.41, 5.74) is 1.39. The van der Waals surface area contributed by atoms with Gasteiger partial charge in [0.1, 0.15) is 5.69 Å². The van der Waals surface area contributed by atoms with E-state index < -0.39 is 0 Å². The molecule has 0 aliphatic carbocycles. The number of carbonyl (C=O) groups excluding carboxylic acids is 1. The average Bonchev–Trinajstić information content (AvgIpc) is 2.72. The number of hydrogen-bond acceptors (Lipinski definition) is 4. The number of anilines is 1. The van der Waals surface area contributed by atoms with Crippen molar-refractivity contribution in [2.45, 2.75) is 26.3 Å². The van der Waals surface area contributed by atoms with Gasteiger partial charge in [-0.05, 0) is 32.9 Å². The highest BCUT2D eigenvalue weighted by Gasteiger charge is 2.30. The Bertz CT molecular complexity index is 542. The van der Waals surface area contributed by atoms with Crippen LogP contribution in [-0.4, -0.2) is 65.9 Å². The molecule has 2 unspecified atom stereocenters. The van der Waals surface area contributed by atoms with Gasteiger partial charge in [0.15, 0.2) is 0 Å². The van der Waals surface area contributed by atoms with Crippen LogP contribution >= 0.6 is 0 Å². The monoisotopic (exact) mass is 309 g/mol. The maximum atomic E-state index is 12.6. The number of hydrogen-bond donors (Lipinski definition) is 1. The molecule has 2 atom stereocenters. The van der Waals surface area contributed by atoms with E-state index in [2.05, 4.69) is 29.3 Å². The summed E-state index contributed by atoms with van der Waals surface area (Å²) in [6.45, 7) is 6.08. The molecular weight excluding hydrogens is 282 g/mol. The van der Waals surface area contributed by atoms with E-state index in [0.29, 0.717) is 17.5 Å². The van der Waals surface area contributed by atoms with Gasteiger partial charge in [-0.1, -0.05) is 6.92 Å². The zero-order valence-corrected chi connectivity index (χ0v) is 14.4. The Balaban J connectivity index is 2.09. The van der Waals surface area contributed by atoms with Crippen LogP contribution in [0.3, 0.4) is 0 Å². The Kier molecular flexibility index (Phi) is 4.95. The average molecular weight is 309 g/mol. The number of urea groups is 1. The van der Waals surface area contributed by atoms with Gasteiger partial charge in [-0.25, -0.2) is 9.48 Å². The highest BCUT2D eigenvalue weighted by Crippen LogP contribution is 2.28. The molecule has 124 valence electrons. The Morgan fingerprint density at radius 3 is 2.73 bits per heavy atom. The van der Waals surface area contributed by atoms with Crippen LogP contribution in [0.25, 0.3) is 0 Å². The molecule has 1 fully saturated rings. The summed E-state index contributed by atoms with van der Waals surface area (Å²) >= 11 is 0. The van der Waals surface area contributed by atoms with Crippen molar-refractivity contribution in [1.82, 2.24) is 19.6 Å². The normalized spacial score (nSPS) is 22.5. The van der Waals surface area contributed by atoms with Crippen molar-refractivity contribution in [1.29, 1.82) is 0 Å². The first-order chi connectivity index (χ1) is 10.3. The number of nitrogens with one attached hydrogen (secondary N) is 1. The molecule has 1 aliphatic rings. The fourth-order valence-corrected chi connectivity index (χ4v) is 3.28. The van der Waals surface area contributed by atoms with E-state index in [1.807, 2.05) is 18.9 Å². The Morgan fingerprint density at radius 1 is 1.45 bits per heavy atom. The standard InChI is InChI=1S/C15H27N5O2/c1-10-9-18(3)8-7-12(10)19(4)15(21)16-13-11(2)17-20(5)14(13)22-6/h10,12H,7-9H2,1-6H3,(H,16,21). The van der Waals surface area contributed by atoms with Crippen molar-refractivity contribution in [2.75, 3.05) is 39.6 Å². The molecule has 1 aromatic heterocycles. The SMILES string of the molecule is COc1c(NC(=O)N(C)C2CCN(C)CC2C)c(C)nn1C. The molecule has 7 heteroatoms. The topological polar surface area (TPSA) is 62.6 Å². The molecule has 2 heterocycles. The summed E-state index contributed by atoms with van der Waals surface area (Å²) in [6.07, 6.45) is 0.991. The van der Waals surface area contributed by atoms with Crippen LogP contribution in [0.1, 0.15) is 19.0 Å². The summed E-state index contributed by atoms with van der Waals surface area (Å²) in [6, 6.07) is 0.134. The third-order valence-corrected chi connectivity index (χ3v) is 4.48. The minimum absolute atomic E-state index is 0.115. The summed E-state index contributed by atoms with van der Waals surface area (Å²) in [5, 5.41) is 7.23. The second-order valence-electron chi connectivity index (χ2n) is 6.23. The lowest BCUT2D eigenvalue weighted by atomic mass is 9.93. The van der Waals surface area contributed by atoms with Crippen molar-refractivity contribution < 1.29 is 9.53 Å². The molecule has 0 saturated carbocycles. The second kappa shape index (κ2) is 6.56. The molecule has 2 rings (SSSR count). The highest BCUT2D eigenvalue weighted by atomic mass is 16.5. The van der Waals surface area contributed by atoms with Crippen LogP contribution in [0.5, 0.6) is 5.88 Å². The largest absolute Gasteiger partial charge is 0.480 e. The van der Waals surface area contributed by atoms with E-state index in [9.17, 15) is 4.79 Å². The van der Waals surface area contributed by atoms with E-state index in [4.69, 9.17) is 4.74 Å². The third kappa shape index (κ3) is 3.19.